The molecule has 0 radical (unpaired) electrons. The first-order chi connectivity index (χ1) is 16.9. The summed E-state index contributed by atoms with van der Waals surface area (Å²) >= 11 is 0. The number of aliphatic hydroxyl groups is 1. The molecule has 1 unspecified atom stereocenters. The molecule has 10 heteroatoms. The zero-order valence-electron chi connectivity index (χ0n) is 18.6. The van der Waals surface area contributed by atoms with Gasteiger partial charge in [0.2, 0.25) is 5.88 Å². The van der Waals surface area contributed by atoms with E-state index in [2.05, 4.69) is 10.5 Å². The van der Waals surface area contributed by atoms with Gasteiger partial charge < -0.3 is 24.4 Å². The van der Waals surface area contributed by atoms with E-state index in [0.29, 0.717) is 6.42 Å². The Morgan fingerprint density at radius 2 is 1.77 bits per heavy atom. The van der Waals surface area contributed by atoms with Gasteiger partial charge in [-0.3, -0.25) is 10.1 Å². The van der Waals surface area contributed by atoms with Crippen molar-refractivity contribution in [2.75, 3.05) is 25.0 Å². The van der Waals surface area contributed by atoms with Crippen LogP contribution in [0.25, 0.3) is 11.1 Å². The van der Waals surface area contributed by atoms with E-state index in [4.69, 9.17) is 9.26 Å². The van der Waals surface area contributed by atoms with E-state index in [1.54, 1.807) is 0 Å². The lowest BCUT2D eigenvalue weighted by Gasteiger charge is -2.35. The van der Waals surface area contributed by atoms with Gasteiger partial charge in [0.25, 0.3) is 5.91 Å². The number of aliphatic carboxylic acids is 1. The molecular weight excluding hydrogens is 454 g/mol. The molecule has 2 amide bonds. The SMILES string of the molecule is O=C(Nc1cc(C(=O)N2CCCC(O)(C(=O)O)C2)no1)OCC1c2ccccc2-c2ccccc21. The second-order valence-corrected chi connectivity index (χ2v) is 8.69. The van der Waals surface area contributed by atoms with Gasteiger partial charge in [0.15, 0.2) is 11.3 Å². The van der Waals surface area contributed by atoms with E-state index < -0.39 is 23.6 Å². The van der Waals surface area contributed by atoms with Crippen LogP contribution in [0.2, 0.25) is 0 Å². The molecule has 2 aliphatic rings. The number of ether oxygens (including phenoxy) is 1. The molecule has 10 nitrogen and oxygen atoms in total. The number of carboxylic acids is 1. The Morgan fingerprint density at radius 1 is 1.11 bits per heavy atom. The molecule has 3 N–H and O–H groups in total. The van der Waals surface area contributed by atoms with Crippen LogP contribution in [-0.2, 0) is 9.53 Å². The maximum absolute atomic E-state index is 12.7. The third-order valence-corrected chi connectivity index (χ3v) is 6.45. The smallest absolute Gasteiger partial charge is 0.414 e. The summed E-state index contributed by atoms with van der Waals surface area (Å²) in [4.78, 5) is 37.6. The van der Waals surface area contributed by atoms with E-state index in [0.717, 1.165) is 22.3 Å². The molecule has 180 valence electrons. The number of rotatable bonds is 5. The number of nitrogens with one attached hydrogen (secondary N) is 1. The summed E-state index contributed by atoms with van der Waals surface area (Å²) in [5.41, 5.74) is 2.27. The van der Waals surface area contributed by atoms with E-state index in [1.165, 1.54) is 11.0 Å². The molecular formula is C25H23N3O7. The van der Waals surface area contributed by atoms with Crippen LogP contribution in [0.5, 0.6) is 0 Å². The first-order valence-corrected chi connectivity index (χ1v) is 11.2. The molecule has 0 spiro atoms. The highest BCUT2D eigenvalue weighted by molar-refractivity contribution is 5.94. The lowest BCUT2D eigenvalue weighted by Crippen LogP contribution is -2.54. The van der Waals surface area contributed by atoms with E-state index in [-0.39, 0.29) is 43.6 Å². The monoisotopic (exact) mass is 477 g/mol. The fourth-order valence-electron chi connectivity index (χ4n) is 4.72. The van der Waals surface area contributed by atoms with Crippen LogP contribution in [0.4, 0.5) is 10.7 Å². The number of likely N-dealkylation sites (tertiary alicyclic amines) is 1. The molecule has 2 heterocycles. The minimum atomic E-state index is -2.00. The summed E-state index contributed by atoms with van der Waals surface area (Å²) in [5, 5.41) is 25.5. The van der Waals surface area contributed by atoms with Gasteiger partial charge in [0.1, 0.15) is 6.61 Å². The molecule has 1 atom stereocenters. The van der Waals surface area contributed by atoms with Gasteiger partial charge in [-0.05, 0) is 35.1 Å². The Hall–Kier alpha value is -4.18. The van der Waals surface area contributed by atoms with Crippen LogP contribution in [0.15, 0.2) is 59.1 Å². The molecule has 35 heavy (non-hydrogen) atoms. The van der Waals surface area contributed by atoms with E-state index in [1.807, 2.05) is 48.5 Å². The first kappa shape index (κ1) is 22.6. The van der Waals surface area contributed by atoms with Gasteiger partial charge in [-0.25, -0.2) is 9.59 Å². The number of hydrogen-bond acceptors (Lipinski definition) is 7. The largest absolute Gasteiger partial charge is 0.479 e. The number of benzene rings is 2. The second kappa shape index (κ2) is 8.88. The number of piperidine rings is 1. The van der Waals surface area contributed by atoms with Crippen LogP contribution in [0.1, 0.15) is 40.4 Å². The summed E-state index contributed by atoms with van der Waals surface area (Å²) in [7, 11) is 0. The molecule has 1 aromatic heterocycles. The zero-order chi connectivity index (χ0) is 24.6. The predicted molar refractivity (Wildman–Crippen MR) is 123 cm³/mol. The van der Waals surface area contributed by atoms with Gasteiger partial charge in [-0.15, -0.1) is 0 Å². The van der Waals surface area contributed by atoms with E-state index in [9.17, 15) is 24.6 Å². The molecule has 0 saturated carbocycles. The normalized spacial score (nSPS) is 19.1. The Balaban J connectivity index is 1.21. The fraction of sp³-hybridized carbons (Fsp3) is 0.280. The van der Waals surface area contributed by atoms with E-state index >= 15 is 0 Å². The minimum Gasteiger partial charge on any atom is -0.479 e. The predicted octanol–water partition coefficient (Wildman–Crippen LogP) is 3.09. The van der Waals surface area contributed by atoms with Gasteiger partial charge >= 0.3 is 12.1 Å². The lowest BCUT2D eigenvalue weighted by molar-refractivity contribution is -0.163. The average molecular weight is 477 g/mol. The number of carbonyl (C=O) groups is 3. The zero-order valence-corrected chi connectivity index (χ0v) is 18.6. The number of hydrogen-bond donors (Lipinski definition) is 3. The maximum atomic E-state index is 12.7. The van der Waals surface area contributed by atoms with Crippen molar-refractivity contribution >= 4 is 23.9 Å². The van der Waals surface area contributed by atoms with Gasteiger partial charge in [-0.1, -0.05) is 53.7 Å². The van der Waals surface area contributed by atoms with Crippen LogP contribution >= 0.6 is 0 Å². The standard InChI is InChI=1S/C25H23N3O7/c29-22(28-11-5-10-25(33,14-28)23(30)31)20-12-21(35-27-20)26-24(32)34-13-19-17-8-3-1-6-15(17)16-7-2-4-9-18(16)19/h1-4,6-9,12,19,33H,5,10-11,13-14H2,(H,26,32)(H,30,31). The van der Waals surface area contributed by atoms with Crippen molar-refractivity contribution < 1.29 is 33.9 Å². The molecule has 2 aromatic carbocycles. The Kier molecular flexibility index (Phi) is 5.73. The third kappa shape index (κ3) is 4.24. The number of fused-ring (bicyclic) bond motifs is 3. The van der Waals surface area contributed by atoms with Crippen molar-refractivity contribution in [2.24, 2.45) is 0 Å². The number of anilines is 1. The van der Waals surface area contributed by atoms with Crippen molar-refractivity contribution in [3.8, 4) is 11.1 Å². The lowest BCUT2D eigenvalue weighted by atomic mass is 9.93. The summed E-state index contributed by atoms with van der Waals surface area (Å²) in [6.07, 6.45) is -0.378. The average Bonchev–Trinajstić information content (AvgIpc) is 3.45. The fourth-order valence-corrected chi connectivity index (χ4v) is 4.72. The summed E-state index contributed by atoms with van der Waals surface area (Å²) in [6, 6.07) is 17.2. The van der Waals surface area contributed by atoms with Crippen molar-refractivity contribution in [1.82, 2.24) is 10.1 Å². The van der Waals surface area contributed by atoms with Crippen LogP contribution < -0.4 is 5.32 Å². The Morgan fingerprint density at radius 3 is 2.43 bits per heavy atom. The van der Waals surface area contributed by atoms with Gasteiger partial charge in [0.05, 0.1) is 6.54 Å². The van der Waals surface area contributed by atoms with Gasteiger partial charge in [0, 0.05) is 18.5 Å². The highest BCUT2D eigenvalue weighted by Crippen LogP contribution is 2.44. The van der Waals surface area contributed by atoms with Crippen molar-refractivity contribution in [1.29, 1.82) is 0 Å². The first-order valence-electron chi connectivity index (χ1n) is 11.2. The Labute approximate surface area is 200 Å². The summed E-state index contributed by atoms with van der Waals surface area (Å²) < 4.78 is 10.5. The molecule has 0 bridgehead atoms. The molecule has 1 aliphatic carbocycles. The molecule has 5 rings (SSSR count). The highest BCUT2D eigenvalue weighted by Gasteiger charge is 2.42. The molecule has 1 fully saturated rings. The number of carbonyl (C=O) groups excluding carboxylic acids is 2. The maximum Gasteiger partial charge on any atom is 0.414 e. The number of amides is 2. The minimum absolute atomic E-state index is 0.0551. The van der Waals surface area contributed by atoms with Crippen LogP contribution in [0, 0.1) is 0 Å². The van der Waals surface area contributed by atoms with Crippen molar-refractivity contribution in [2.45, 2.75) is 24.4 Å². The number of aromatic nitrogens is 1. The van der Waals surface area contributed by atoms with Crippen molar-refractivity contribution in [3.05, 3.63) is 71.4 Å². The topological polar surface area (TPSA) is 142 Å². The van der Waals surface area contributed by atoms with Crippen molar-refractivity contribution in [3.63, 3.8) is 0 Å². The number of β-amino-alcohol motifs (C(OH)–C–C–N with tert-alkyl or cyclic N) is 1. The number of carboxylic acid groups (broad SMARTS) is 1. The third-order valence-electron chi connectivity index (χ3n) is 6.45. The summed E-state index contributed by atoms with van der Waals surface area (Å²) in [5.74, 6) is -2.18. The molecule has 1 aliphatic heterocycles. The van der Waals surface area contributed by atoms with Crippen LogP contribution in [-0.4, -0.2) is 63.5 Å². The van der Waals surface area contributed by atoms with Gasteiger partial charge in [-0.2, -0.15) is 0 Å². The Bertz CT molecular complexity index is 1260. The second-order valence-electron chi connectivity index (χ2n) is 8.69. The molecule has 3 aromatic rings. The highest BCUT2D eigenvalue weighted by atomic mass is 16.6. The summed E-state index contributed by atoms with van der Waals surface area (Å²) in [6.45, 7) is 0.0287. The number of nitrogens with zero attached hydrogens (tertiary/aromatic N) is 2. The molecule has 1 saturated heterocycles. The van der Waals surface area contributed by atoms with Crippen LogP contribution in [0.3, 0.4) is 0 Å². The quantitative estimate of drug-likeness (QED) is 0.509.